The van der Waals surface area contributed by atoms with Crippen LogP contribution in [-0.2, 0) is 4.79 Å². The second kappa shape index (κ2) is 5.91. The Balaban J connectivity index is 1.96. The summed E-state index contributed by atoms with van der Waals surface area (Å²) in [6.07, 6.45) is 0. The molecule has 0 unspecified atom stereocenters. The summed E-state index contributed by atoms with van der Waals surface area (Å²) in [7, 11) is 0. The SMILES string of the molecule is CC(C)(C)C(=O)Nc1ccc2oc(-c3ccc(F)cc3Cl)nc2c1. The van der Waals surface area contributed by atoms with Gasteiger partial charge in [-0.2, -0.15) is 0 Å². The number of hydrogen-bond acceptors (Lipinski definition) is 3. The molecule has 0 bridgehead atoms. The van der Waals surface area contributed by atoms with Crippen molar-refractivity contribution in [3.63, 3.8) is 0 Å². The van der Waals surface area contributed by atoms with E-state index in [0.717, 1.165) is 0 Å². The number of carbonyl (C=O) groups is 1. The molecule has 0 spiro atoms. The fourth-order valence-corrected chi connectivity index (χ4v) is 2.35. The van der Waals surface area contributed by atoms with E-state index < -0.39 is 11.2 Å². The van der Waals surface area contributed by atoms with Gasteiger partial charge < -0.3 is 9.73 Å². The van der Waals surface area contributed by atoms with E-state index >= 15 is 0 Å². The Bertz CT molecular complexity index is 928. The fourth-order valence-electron chi connectivity index (χ4n) is 2.10. The molecule has 4 nitrogen and oxygen atoms in total. The summed E-state index contributed by atoms with van der Waals surface area (Å²) in [5.41, 5.74) is 1.78. The lowest BCUT2D eigenvalue weighted by molar-refractivity contribution is -0.123. The van der Waals surface area contributed by atoms with Crippen molar-refractivity contribution >= 4 is 34.3 Å². The smallest absolute Gasteiger partial charge is 0.229 e. The summed E-state index contributed by atoms with van der Waals surface area (Å²) >= 11 is 6.04. The largest absolute Gasteiger partial charge is 0.436 e. The first-order chi connectivity index (χ1) is 11.2. The molecular weight excluding hydrogens is 331 g/mol. The molecule has 1 N–H and O–H groups in total. The molecule has 0 aliphatic heterocycles. The highest BCUT2D eigenvalue weighted by molar-refractivity contribution is 6.33. The number of nitrogens with one attached hydrogen (secondary N) is 1. The molecular formula is C18H16ClFN2O2. The Labute approximate surface area is 143 Å². The minimum Gasteiger partial charge on any atom is -0.436 e. The lowest BCUT2D eigenvalue weighted by Gasteiger charge is -2.17. The van der Waals surface area contributed by atoms with E-state index in [1.165, 1.54) is 18.2 Å². The number of rotatable bonds is 2. The summed E-state index contributed by atoms with van der Waals surface area (Å²) in [4.78, 5) is 16.4. The normalized spacial score (nSPS) is 11.7. The van der Waals surface area contributed by atoms with Crippen molar-refractivity contribution in [3.8, 4) is 11.5 Å². The van der Waals surface area contributed by atoms with Crippen LogP contribution in [0, 0.1) is 11.2 Å². The van der Waals surface area contributed by atoms with Crippen molar-refractivity contribution in [3.05, 3.63) is 47.2 Å². The summed E-state index contributed by atoms with van der Waals surface area (Å²) in [5.74, 6) is -0.214. The highest BCUT2D eigenvalue weighted by Crippen LogP contribution is 2.31. The number of halogens is 2. The lowest BCUT2D eigenvalue weighted by atomic mass is 9.95. The summed E-state index contributed by atoms with van der Waals surface area (Å²) < 4.78 is 18.8. The molecule has 2 aromatic carbocycles. The van der Waals surface area contributed by atoms with Crippen LogP contribution in [0.15, 0.2) is 40.8 Å². The van der Waals surface area contributed by atoms with Gasteiger partial charge in [0.05, 0.1) is 10.6 Å². The minimum atomic E-state index is -0.494. The monoisotopic (exact) mass is 346 g/mol. The number of oxazole rings is 1. The first kappa shape index (κ1) is 16.5. The Morgan fingerprint density at radius 1 is 1.21 bits per heavy atom. The van der Waals surface area contributed by atoms with Crippen LogP contribution in [0.5, 0.6) is 0 Å². The molecule has 1 aromatic heterocycles. The zero-order valence-electron chi connectivity index (χ0n) is 13.5. The zero-order valence-corrected chi connectivity index (χ0v) is 14.2. The van der Waals surface area contributed by atoms with Gasteiger partial charge in [-0.05, 0) is 36.4 Å². The Kier molecular flexibility index (Phi) is 4.05. The molecule has 0 saturated heterocycles. The number of carbonyl (C=O) groups excluding carboxylic acids is 1. The van der Waals surface area contributed by atoms with Crippen molar-refractivity contribution < 1.29 is 13.6 Å². The van der Waals surface area contributed by atoms with Crippen molar-refractivity contribution in [2.45, 2.75) is 20.8 Å². The van der Waals surface area contributed by atoms with Gasteiger partial charge in [-0.3, -0.25) is 4.79 Å². The maximum atomic E-state index is 13.2. The van der Waals surface area contributed by atoms with Crippen molar-refractivity contribution in [2.24, 2.45) is 5.41 Å². The average molecular weight is 347 g/mol. The van der Waals surface area contributed by atoms with Gasteiger partial charge in [0.25, 0.3) is 0 Å². The van der Waals surface area contributed by atoms with Crippen LogP contribution in [0.4, 0.5) is 10.1 Å². The second-order valence-corrected chi connectivity index (χ2v) is 6.94. The Morgan fingerprint density at radius 2 is 1.96 bits per heavy atom. The van der Waals surface area contributed by atoms with Crippen LogP contribution >= 0.6 is 11.6 Å². The van der Waals surface area contributed by atoms with Crippen LogP contribution in [0.25, 0.3) is 22.6 Å². The van der Waals surface area contributed by atoms with Gasteiger partial charge in [0.15, 0.2) is 5.58 Å². The maximum Gasteiger partial charge on any atom is 0.229 e. The first-order valence-corrected chi connectivity index (χ1v) is 7.79. The number of fused-ring (bicyclic) bond motifs is 1. The molecule has 3 aromatic rings. The standard InChI is InChI=1S/C18H16ClFN2O2/c1-18(2,3)17(23)21-11-5-7-15-14(9-11)22-16(24-15)12-6-4-10(20)8-13(12)19/h4-9H,1-3H3,(H,21,23). The number of anilines is 1. The van der Waals surface area contributed by atoms with Crippen LogP contribution in [0.1, 0.15) is 20.8 Å². The van der Waals surface area contributed by atoms with Gasteiger partial charge in [0, 0.05) is 11.1 Å². The maximum absolute atomic E-state index is 13.2. The van der Waals surface area contributed by atoms with Crippen molar-refractivity contribution in [1.29, 1.82) is 0 Å². The molecule has 24 heavy (non-hydrogen) atoms. The predicted octanol–water partition coefficient (Wildman–Crippen LogP) is 5.27. The highest BCUT2D eigenvalue weighted by atomic mass is 35.5. The third kappa shape index (κ3) is 3.26. The van der Waals surface area contributed by atoms with E-state index in [0.29, 0.717) is 28.2 Å². The molecule has 0 aliphatic carbocycles. The van der Waals surface area contributed by atoms with E-state index in [1.807, 2.05) is 20.8 Å². The van der Waals surface area contributed by atoms with E-state index in [4.69, 9.17) is 16.0 Å². The van der Waals surface area contributed by atoms with Gasteiger partial charge >= 0.3 is 0 Å². The first-order valence-electron chi connectivity index (χ1n) is 7.41. The van der Waals surface area contributed by atoms with Crippen molar-refractivity contribution in [2.75, 3.05) is 5.32 Å². The third-order valence-corrected chi connectivity index (χ3v) is 3.80. The van der Waals surface area contributed by atoms with E-state index in [9.17, 15) is 9.18 Å². The van der Waals surface area contributed by atoms with Crippen molar-refractivity contribution in [1.82, 2.24) is 4.98 Å². The molecule has 0 radical (unpaired) electrons. The summed E-state index contributed by atoms with van der Waals surface area (Å²) in [6.45, 7) is 5.52. The number of benzene rings is 2. The van der Waals surface area contributed by atoms with E-state index in [2.05, 4.69) is 10.3 Å². The molecule has 1 amide bonds. The quantitative estimate of drug-likeness (QED) is 0.687. The molecule has 3 rings (SSSR count). The molecule has 6 heteroatoms. The number of nitrogens with zero attached hydrogens (tertiary/aromatic N) is 1. The van der Waals surface area contributed by atoms with Gasteiger partial charge in [-0.1, -0.05) is 32.4 Å². The van der Waals surface area contributed by atoms with Crippen LogP contribution in [0.2, 0.25) is 5.02 Å². The molecule has 0 atom stereocenters. The third-order valence-electron chi connectivity index (χ3n) is 3.49. The predicted molar refractivity (Wildman–Crippen MR) is 92.5 cm³/mol. The second-order valence-electron chi connectivity index (χ2n) is 6.53. The van der Waals surface area contributed by atoms with Gasteiger partial charge in [-0.25, -0.2) is 9.37 Å². The Hall–Kier alpha value is -2.40. The van der Waals surface area contributed by atoms with Crippen LogP contribution in [0.3, 0.4) is 0 Å². The van der Waals surface area contributed by atoms with Gasteiger partial charge in [0.1, 0.15) is 11.3 Å². The molecule has 0 fully saturated rings. The average Bonchev–Trinajstić information content (AvgIpc) is 2.88. The zero-order chi connectivity index (χ0) is 17.5. The van der Waals surface area contributed by atoms with E-state index in [-0.39, 0.29) is 10.9 Å². The minimum absolute atomic E-state index is 0.0906. The molecule has 0 saturated carbocycles. The summed E-state index contributed by atoms with van der Waals surface area (Å²) in [5, 5.41) is 3.07. The van der Waals surface area contributed by atoms with E-state index in [1.54, 1.807) is 18.2 Å². The number of hydrogen-bond donors (Lipinski definition) is 1. The topological polar surface area (TPSA) is 55.1 Å². The molecule has 1 heterocycles. The number of amides is 1. The van der Waals surface area contributed by atoms with Crippen LogP contribution in [-0.4, -0.2) is 10.9 Å². The Morgan fingerprint density at radius 3 is 2.62 bits per heavy atom. The number of aromatic nitrogens is 1. The molecule has 124 valence electrons. The lowest BCUT2D eigenvalue weighted by Crippen LogP contribution is -2.27. The molecule has 0 aliphatic rings. The highest BCUT2D eigenvalue weighted by Gasteiger charge is 2.21. The fraction of sp³-hybridized carbons (Fsp3) is 0.222. The van der Waals surface area contributed by atoms with Gasteiger partial charge in [0.2, 0.25) is 11.8 Å². The summed E-state index contributed by atoms with van der Waals surface area (Å²) in [6, 6.07) is 9.22. The van der Waals surface area contributed by atoms with Gasteiger partial charge in [-0.15, -0.1) is 0 Å². The van der Waals surface area contributed by atoms with Crippen LogP contribution < -0.4 is 5.32 Å².